The van der Waals surface area contributed by atoms with Crippen molar-refractivity contribution in [1.29, 1.82) is 0 Å². The van der Waals surface area contributed by atoms with Crippen LogP contribution in [0.25, 0.3) is 11.0 Å². The fourth-order valence-corrected chi connectivity index (χ4v) is 3.32. The Labute approximate surface area is 120 Å². The molecule has 1 saturated heterocycles. The first-order valence-electron chi connectivity index (χ1n) is 7.82. The van der Waals surface area contributed by atoms with Gasteiger partial charge in [0.25, 0.3) is 0 Å². The molecule has 4 nitrogen and oxygen atoms in total. The number of unbranched alkanes of at least 4 members (excludes halogenated alkanes) is 1. The molecular weight excluding hydrogens is 248 g/mol. The highest BCUT2D eigenvalue weighted by molar-refractivity contribution is 5.73. The molecule has 0 bridgehead atoms. The Hall–Kier alpha value is -1.42. The van der Waals surface area contributed by atoms with E-state index in [1.807, 2.05) is 18.5 Å². The zero-order valence-electron chi connectivity index (χ0n) is 12.4. The summed E-state index contributed by atoms with van der Waals surface area (Å²) in [5.41, 5.74) is 2.06. The number of rotatable bonds is 4. The molecule has 0 aliphatic carbocycles. The molecule has 20 heavy (non-hydrogen) atoms. The molecule has 0 amide bonds. The summed E-state index contributed by atoms with van der Waals surface area (Å²) in [6.45, 7) is 4.53. The summed E-state index contributed by atoms with van der Waals surface area (Å²) in [7, 11) is 0. The minimum Gasteiger partial charge on any atom is -0.359 e. The average Bonchev–Trinajstić information content (AvgIpc) is 2.92. The van der Waals surface area contributed by atoms with Crippen molar-refractivity contribution in [1.82, 2.24) is 20.3 Å². The van der Waals surface area contributed by atoms with Gasteiger partial charge in [-0.25, -0.2) is 9.97 Å². The van der Waals surface area contributed by atoms with Gasteiger partial charge in [-0.3, -0.25) is 0 Å². The maximum atomic E-state index is 4.74. The molecule has 0 spiro atoms. The fourth-order valence-electron chi connectivity index (χ4n) is 3.32. The minimum absolute atomic E-state index is 0.493. The summed E-state index contributed by atoms with van der Waals surface area (Å²) in [6.07, 6.45) is 9.99. The van der Waals surface area contributed by atoms with Crippen LogP contribution in [0.3, 0.4) is 0 Å². The van der Waals surface area contributed by atoms with Gasteiger partial charge in [0, 0.05) is 24.2 Å². The first-order valence-corrected chi connectivity index (χ1v) is 7.82. The topological polar surface area (TPSA) is 53.6 Å². The van der Waals surface area contributed by atoms with E-state index in [0.717, 1.165) is 23.3 Å². The van der Waals surface area contributed by atoms with Crippen molar-refractivity contribution in [2.45, 2.75) is 64.0 Å². The van der Waals surface area contributed by atoms with Crippen molar-refractivity contribution in [2.75, 3.05) is 0 Å². The van der Waals surface area contributed by atoms with Gasteiger partial charge in [-0.05, 0) is 32.3 Å². The fraction of sp³-hybridized carbons (Fsp3) is 0.625. The van der Waals surface area contributed by atoms with Crippen molar-refractivity contribution in [3.8, 4) is 0 Å². The van der Waals surface area contributed by atoms with Crippen LogP contribution in [-0.2, 0) is 0 Å². The molecule has 4 heteroatoms. The molecule has 0 aromatic carbocycles. The van der Waals surface area contributed by atoms with Gasteiger partial charge >= 0.3 is 0 Å². The molecule has 3 unspecified atom stereocenters. The van der Waals surface area contributed by atoms with Crippen LogP contribution in [0.4, 0.5) is 0 Å². The van der Waals surface area contributed by atoms with Gasteiger partial charge in [-0.15, -0.1) is 0 Å². The van der Waals surface area contributed by atoms with Crippen molar-refractivity contribution in [3.05, 3.63) is 24.3 Å². The van der Waals surface area contributed by atoms with Crippen LogP contribution in [-0.4, -0.2) is 27.0 Å². The quantitative estimate of drug-likeness (QED) is 0.897. The van der Waals surface area contributed by atoms with E-state index < -0.39 is 0 Å². The number of aromatic amines is 1. The van der Waals surface area contributed by atoms with Gasteiger partial charge < -0.3 is 10.3 Å². The maximum Gasteiger partial charge on any atom is 0.132 e. The van der Waals surface area contributed by atoms with Crippen molar-refractivity contribution in [2.24, 2.45) is 0 Å². The second kappa shape index (κ2) is 5.92. The minimum atomic E-state index is 0.493. The lowest BCUT2D eigenvalue weighted by Crippen LogP contribution is -2.43. The van der Waals surface area contributed by atoms with Crippen LogP contribution in [0.2, 0.25) is 0 Å². The number of aromatic nitrogens is 3. The van der Waals surface area contributed by atoms with E-state index in [1.54, 1.807) is 0 Å². The van der Waals surface area contributed by atoms with Crippen molar-refractivity contribution >= 4 is 11.0 Å². The predicted octanol–water partition coefficient (Wildman–Crippen LogP) is 3.37. The zero-order chi connectivity index (χ0) is 13.9. The SMILES string of the molecule is CCCCC1CC(c2ncc3[nH]ccc3n2)CC(C)N1. The average molecular weight is 272 g/mol. The monoisotopic (exact) mass is 272 g/mol. The smallest absolute Gasteiger partial charge is 0.132 e. The number of hydrogen-bond donors (Lipinski definition) is 2. The lowest BCUT2D eigenvalue weighted by molar-refractivity contribution is 0.281. The predicted molar refractivity (Wildman–Crippen MR) is 81.8 cm³/mol. The number of nitrogens with one attached hydrogen (secondary N) is 2. The standard InChI is InChI=1S/C16H24N4/c1-3-4-5-13-9-12(8-11(2)19-13)16-18-10-15-14(20-16)6-7-17-15/h6-7,10-13,17,19H,3-5,8-9H2,1-2H3. The summed E-state index contributed by atoms with van der Waals surface area (Å²) >= 11 is 0. The lowest BCUT2D eigenvalue weighted by Gasteiger charge is -2.34. The Morgan fingerprint density at radius 2 is 2.25 bits per heavy atom. The third kappa shape index (κ3) is 2.85. The molecule has 0 saturated carbocycles. The van der Waals surface area contributed by atoms with E-state index in [4.69, 9.17) is 4.98 Å². The molecule has 0 radical (unpaired) electrons. The summed E-state index contributed by atoms with van der Waals surface area (Å²) in [4.78, 5) is 12.5. The van der Waals surface area contributed by atoms with E-state index in [-0.39, 0.29) is 0 Å². The van der Waals surface area contributed by atoms with E-state index in [9.17, 15) is 0 Å². The third-order valence-corrected chi connectivity index (χ3v) is 4.32. The molecule has 2 aromatic heterocycles. The molecule has 3 rings (SSSR count). The van der Waals surface area contributed by atoms with Crippen LogP contribution in [0.15, 0.2) is 18.5 Å². The molecule has 1 fully saturated rings. The summed E-state index contributed by atoms with van der Waals surface area (Å²) in [6, 6.07) is 3.20. The van der Waals surface area contributed by atoms with E-state index in [2.05, 4.69) is 29.1 Å². The van der Waals surface area contributed by atoms with Crippen molar-refractivity contribution in [3.63, 3.8) is 0 Å². The van der Waals surface area contributed by atoms with E-state index in [0.29, 0.717) is 18.0 Å². The van der Waals surface area contributed by atoms with Crippen LogP contribution < -0.4 is 5.32 Å². The molecule has 3 atom stereocenters. The number of H-pyrrole nitrogens is 1. The summed E-state index contributed by atoms with van der Waals surface area (Å²) < 4.78 is 0. The number of fused-ring (bicyclic) bond motifs is 1. The third-order valence-electron chi connectivity index (χ3n) is 4.32. The lowest BCUT2D eigenvalue weighted by atomic mass is 9.86. The maximum absolute atomic E-state index is 4.74. The number of hydrogen-bond acceptors (Lipinski definition) is 3. The molecule has 2 aromatic rings. The van der Waals surface area contributed by atoms with Gasteiger partial charge in [0.05, 0.1) is 17.2 Å². The Morgan fingerprint density at radius 3 is 3.10 bits per heavy atom. The Balaban J connectivity index is 1.77. The Morgan fingerprint density at radius 1 is 1.35 bits per heavy atom. The van der Waals surface area contributed by atoms with E-state index in [1.165, 1.54) is 25.7 Å². The summed E-state index contributed by atoms with van der Waals surface area (Å²) in [5.74, 6) is 1.51. The second-order valence-electron chi connectivity index (χ2n) is 6.08. The van der Waals surface area contributed by atoms with Gasteiger partial charge in [0.15, 0.2) is 0 Å². The van der Waals surface area contributed by atoms with Crippen LogP contribution in [0.1, 0.15) is 57.7 Å². The normalized spacial score (nSPS) is 27.0. The highest BCUT2D eigenvalue weighted by atomic mass is 15.0. The molecule has 2 N–H and O–H groups in total. The van der Waals surface area contributed by atoms with Gasteiger partial charge in [0.1, 0.15) is 5.82 Å². The highest BCUT2D eigenvalue weighted by Crippen LogP contribution is 2.30. The van der Waals surface area contributed by atoms with Crippen LogP contribution in [0.5, 0.6) is 0 Å². The molecule has 1 aliphatic heterocycles. The van der Waals surface area contributed by atoms with Crippen LogP contribution >= 0.6 is 0 Å². The van der Waals surface area contributed by atoms with Gasteiger partial charge in [0.2, 0.25) is 0 Å². The molecule has 1 aliphatic rings. The largest absolute Gasteiger partial charge is 0.359 e. The molecular formula is C16H24N4. The van der Waals surface area contributed by atoms with E-state index >= 15 is 0 Å². The number of nitrogens with zero attached hydrogens (tertiary/aromatic N) is 2. The first kappa shape index (κ1) is 13.6. The molecule has 3 heterocycles. The van der Waals surface area contributed by atoms with Gasteiger partial charge in [-0.1, -0.05) is 19.8 Å². The van der Waals surface area contributed by atoms with Gasteiger partial charge in [-0.2, -0.15) is 0 Å². The second-order valence-corrected chi connectivity index (χ2v) is 6.08. The molecule has 108 valence electrons. The highest BCUT2D eigenvalue weighted by Gasteiger charge is 2.28. The van der Waals surface area contributed by atoms with Crippen LogP contribution in [0, 0.1) is 0 Å². The first-order chi connectivity index (χ1) is 9.76. The zero-order valence-corrected chi connectivity index (χ0v) is 12.4. The number of piperidine rings is 1. The van der Waals surface area contributed by atoms with Crippen molar-refractivity contribution < 1.29 is 0 Å². The Bertz CT molecular complexity index is 562. The summed E-state index contributed by atoms with van der Waals surface area (Å²) in [5, 5.41) is 3.72. The Kier molecular flexibility index (Phi) is 4.01.